The lowest BCUT2D eigenvalue weighted by atomic mass is 10.0. The highest BCUT2D eigenvalue weighted by atomic mass is 19.1. The van der Waals surface area contributed by atoms with Crippen LogP contribution in [0.2, 0.25) is 0 Å². The fourth-order valence-electron chi connectivity index (χ4n) is 2.83. The number of aromatic amines is 1. The van der Waals surface area contributed by atoms with Crippen LogP contribution in [0.5, 0.6) is 0 Å². The fraction of sp³-hybridized carbons (Fsp3) is 0.467. The summed E-state index contributed by atoms with van der Waals surface area (Å²) in [6.45, 7) is 3.48. The molecule has 0 spiro atoms. The molecule has 2 aromatic rings. The van der Waals surface area contributed by atoms with Gasteiger partial charge in [0.15, 0.2) is 5.82 Å². The van der Waals surface area contributed by atoms with Gasteiger partial charge in [-0.15, -0.1) is 0 Å². The Labute approximate surface area is 118 Å². The van der Waals surface area contributed by atoms with Crippen molar-refractivity contribution in [2.75, 3.05) is 6.54 Å². The van der Waals surface area contributed by atoms with Gasteiger partial charge in [0.1, 0.15) is 11.6 Å². The number of halogens is 1. The lowest BCUT2D eigenvalue weighted by Crippen LogP contribution is -2.33. The second-order valence-corrected chi connectivity index (χ2v) is 5.35. The molecule has 0 radical (unpaired) electrons. The van der Waals surface area contributed by atoms with Crippen LogP contribution in [0.3, 0.4) is 0 Å². The maximum absolute atomic E-state index is 13.8. The van der Waals surface area contributed by atoms with Crippen molar-refractivity contribution in [3.8, 4) is 0 Å². The van der Waals surface area contributed by atoms with Crippen LogP contribution < -0.4 is 0 Å². The van der Waals surface area contributed by atoms with E-state index in [9.17, 15) is 4.39 Å². The molecule has 0 unspecified atom stereocenters. The van der Waals surface area contributed by atoms with Crippen LogP contribution in [0.15, 0.2) is 24.3 Å². The summed E-state index contributed by atoms with van der Waals surface area (Å²) in [5.74, 6) is 1.53. The molecular formula is C15H19FN4. The van der Waals surface area contributed by atoms with Crippen LogP contribution in [-0.4, -0.2) is 26.6 Å². The maximum Gasteiger partial charge on any atom is 0.167 e. The van der Waals surface area contributed by atoms with E-state index in [2.05, 4.69) is 20.1 Å². The molecule has 20 heavy (non-hydrogen) atoms. The molecule has 1 fully saturated rings. The normalized spacial score (nSPS) is 20.2. The number of hydrogen-bond donors (Lipinski definition) is 1. The van der Waals surface area contributed by atoms with Crippen LogP contribution >= 0.6 is 0 Å². The second-order valence-electron chi connectivity index (χ2n) is 5.35. The second kappa shape index (κ2) is 5.71. The molecule has 1 saturated heterocycles. The Hall–Kier alpha value is -1.75. The van der Waals surface area contributed by atoms with E-state index in [1.165, 1.54) is 12.5 Å². The number of nitrogens with one attached hydrogen (secondary N) is 1. The molecule has 1 aliphatic heterocycles. The van der Waals surface area contributed by atoms with Crippen molar-refractivity contribution in [1.82, 2.24) is 20.1 Å². The number of hydrogen-bond acceptors (Lipinski definition) is 3. The van der Waals surface area contributed by atoms with Crippen molar-refractivity contribution in [2.24, 2.45) is 0 Å². The number of likely N-dealkylation sites (tertiary alicyclic amines) is 1. The zero-order valence-electron chi connectivity index (χ0n) is 11.6. The topological polar surface area (TPSA) is 44.8 Å². The van der Waals surface area contributed by atoms with E-state index in [1.54, 1.807) is 6.07 Å². The Bertz CT molecular complexity index is 581. The number of H-pyrrole nitrogens is 1. The first kappa shape index (κ1) is 13.2. The first-order chi connectivity index (χ1) is 9.74. The lowest BCUT2D eigenvalue weighted by Gasteiger charge is -2.34. The van der Waals surface area contributed by atoms with Gasteiger partial charge in [-0.1, -0.05) is 24.6 Å². The number of aryl methyl sites for hydroxylation is 1. The number of benzene rings is 1. The summed E-state index contributed by atoms with van der Waals surface area (Å²) in [6, 6.07) is 7.17. The first-order valence-electron chi connectivity index (χ1n) is 7.10. The molecule has 0 bridgehead atoms. The fourth-order valence-corrected chi connectivity index (χ4v) is 2.83. The minimum absolute atomic E-state index is 0.136. The van der Waals surface area contributed by atoms with E-state index < -0.39 is 0 Å². The molecule has 3 rings (SSSR count). The third kappa shape index (κ3) is 2.72. The predicted octanol–water partition coefficient (Wildman–Crippen LogP) is 2.98. The van der Waals surface area contributed by atoms with Crippen molar-refractivity contribution in [3.63, 3.8) is 0 Å². The molecule has 0 amide bonds. The zero-order chi connectivity index (χ0) is 13.9. The van der Waals surface area contributed by atoms with Crippen molar-refractivity contribution in [1.29, 1.82) is 0 Å². The first-order valence-corrected chi connectivity index (χ1v) is 7.10. The standard InChI is InChI=1S/C15H19FN4/c1-11-17-15(19-18-11)14-8-4-5-9-20(14)10-12-6-2-3-7-13(12)16/h2-3,6-7,14H,4-5,8-10H2,1H3,(H,17,18,19)/t14-/m0/s1. The van der Waals surface area contributed by atoms with Gasteiger partial charge in [-0.05, 0) is 32.4 Å². The van der Waals surface area contributed by atoms with E-state index in [4.69, 9.17) is 0 Å². The quantitative estimate of drug-likeness (QED) is 0.936. The van der Waals surface area contributed by atoms with Crippen molar-refractivity contribution < 1.29 is 4.39 Å². The van der Waals surface area contributed by atoms with E-state index >= 15 is 0 Å². The SMILES string of the molecule is Cc1nc([C@@H]2CCCCN2Cc2ccccc2F)n[nH]1. The molecule has 106 valence electrons. The van der Waals surface area contributed by atoms with Gasteiger partial charge < -0.3 is 0 Å². The summed E-state index contributed by atoms with van der Waals surface area (Å²) in [5, 5.41) is 7.18. The molecule has 0 saturated carbocycles. The molecule has 5 heteroatoms. The Morgan fingerprint density at radius 2 is 2.20 bits per heavy atom. The summed E-state index contributed by atoms with van der Waals surface area (Å²) in [4.78, 5) is 6.73. The van der Waals surface area contributed by atoms with Crippen molar-refractivity contribution >= 4 is 0 Å². The third-order valence-electron chi connectivity index (χ3n) is 3.86. The summed E-state index contributed by atoms with van der Waals surface area (Å²) in [5.41, 5.74) is 0.742. The highest BCUT2D eigenvalue weighted by Gasteiger charge is 2.27. The van der Waals surface area contributed by atoms with Gasteiger partial charge in [-0.25, -0.2) is 9.37 Å². The molecule has 1 atom stereocenters. The smallest absolute Gasteiger partial charge is 0.167 e. The van der Waals surface area contributed by atoms with Crippen LogP contribution in [0, 0.1) is 12.7 Å². The monoisotopic (exact) mass is 274 g/mol. The van der Waals surface area contributed by atoms with E-state index in [0.717, 1.165) is 36.6 Å². The molecule has 1 aromatic heterocycles. The number of rotatable bonds is 3. The van der Waals surface area contributed by atoms with Crippen molar-refractivity contribution in [3.05, 3.63) is 47.3 Å². The van der Waals surface area contributed by atoms with Crippen LogP contribution in [0.4, 0.5) is 4.39 Å². The highest BCUT2D eigenvalue weighted by molar-refractivity contribution is 5.17. The van der Waals surface area contributed by atoms with Crippen molar-refractivity contribution in [2.45, 2.75) is 38.8 Å². The lowest BCUT2D eigenvalue weighted by molar-refractivity contribution is 0.132. The summed E-state index contributed by atoms with van der Waals surface area (Å²) in [6.07, 6.45) is 3.35. The van der Waals surface area contributed by atoms with Gasteiger partial charge >= 0.3 is 0 Å². The molecular weight excluding hydrogens is 255 g/mol. The minimum Gasteiger partial charge on any atom is -0.289 e. The number of aromatic nitrogens is 3. The van der Waals surface area contributed by atoms with Gasteiger partial charge in [-0.3, -0.25) is 10.00 Å². The third-order valence-corrected chi connectivity index (χ3v) is 3.86. The molecule has 2 heterocycles. The highest BCUT2D eigenvalue weighted by Crippen LogP contribution is 2.30. The van der Waals surface area contributed by atoms with E-state index in [1.807, 2.05) is 19.1 Å². The van der Waals surface area contributed by atoms with E-state index in [-0.39, 0.29) is 11.9 Å². The van der Waals surface area contributed by atoms with Gasteiger partial charge in [0, 0.05) is 12.1 Å². The van der Waals surface area contributed by atoms with E-state index in [0.29, 0.717) is 6.54 Å². The number of piperidine rings is 1. The Morgan fingerprint density at radius 1 is 1.35 bits per heavy atom. The largest absolute Gasteiger partial charge is 0.289 e. The molecule has 0 aliphatic carbocycles. The Kier molecular flexibility index (Phi) is 3.78. The summed E-state index contributed by atoms with van der Waals surface area (Å²) in [7, 11) is 0. The minimum atomic E-state index is -0.136. The van der Waals surface area contributed by atoms with Gasteiger partial charge in [-0.2, -0.15) is 5.10 Å². The van der Waals surface area contributed by atoms with Crippen LogP contribution in [0.25, 0.3) is 0 Å². The van der Waals surface area contributed by atoms with Gasteiger partial charge in [0.25, 0.3) is 0 Å². The van der Waals surface area contributed by atoms with Gasteiger partial charge in [0.2, 0.25) is 0 Å². The average Bonchev–Trinajstić information content (AvgIpc) is 2.88. The molecule has 1 aliphatic rings. The van der Waals surface area contributed by atoms with Crippen LogP contribution in [0.1, 0.15) is 42.5 Å². The summed E-state index contributed by atoms with van der Waals surface area (Å²) < 4.78 is 13.8. The molecule has 1 aromatic carbocycles. The molecule has 1 N–H and O–H groups in total. The Balaban J connectivity index is 1.81. The maximum atomic E-state index is 13.8. The zero-order valence-corrected chi connectivity index (χ0v) is 11.6. The average molecular weight is 274 g/mol. The van der Waals surface area contributed by atoms with Gasteiger partial charge in [0.05, 0.1) is 6.04 Å². The van der Waals surface area contributed by atoms with Crippen LogP contribution in [-0.2, 0) is 6.54 Å². The number of nitrogens with zero attached hydrogens (tertiary/aromatic N) is 3. The Morgan fingerprint density at radius 3 is 2.95 bits per heavy atom. The molecule has 4 nitrogen and oxygen atoms in total. The predicted molar refractivity (Wildman–Crippen MR) is 74.5 cm³/mol. The summed E-state index contributed by atoms with van der Waals surface area (Å²) >= 11 is 0.